The van der Waals surface area contributed by atoms with Gasteiger partial charge in [0, 0.05) is 31.2 Å². The van der Waals surface area contributed by atoms with Crippen molar-refractivity contribution in [2.45, 2.75) is 59.0 Å². The zero-order valence-corrected chi connectivity index (χ0v) is 16.6. The maximum atomic E-state index is 13.1. The van der Waals surface area contributed by atoms with Crippen molar-refractivity contribution in [3.8, 4) is 0 Å². The Hall–Kier alpha value is -1.69. The maximum Gasteiger partial charge on any atom is 0.225 e. The summed E-state index contributed by atoms with van der Waals surface area (Å²) in [5.74, 6) is 2.42. The fourth-order valence-corrected chi connectivity index (χ4v) is 4.94. The van der Waals surface area contributed by atoms with Crippen molar-refractivity contribution in [2.24, 2.45) is 17.3 Å². The molecule has 0 unspecified atom stereocenters. The molecule has 0 aromatic carbocycles. The van der Waals surface area contributed by atoms with E-state index in [1.54, 1.807) is 12.3 Å². The number of anilines is 1. The summed E-state index contributed by atoms with van der Waals surface area (Å²) in [4.78, 5) is 26.0. The number of nitrogens with zero attached hydrogens (tertiary/aromatic N) is 4. The highest BCUT2D eigenvalue weighted by Gasteiger charge is 2.39. The molecule has 1 saturated heterocycles. The predicted octanol–water partition coefficient (Wildman–Crippen LogP) is 2.55. The van der Waals surface area contributed by atoms with Crippen LogP contribution in [-0.4, -0.2) is 51.9 Å². The lowest BCUT2D eigenvalue weighted by Crippen LogP contribution is -2.42. The van der Waals surface area contributed by atoms with Crippen LogP contribution in [0.1, 0.15) is 52.3 Å². The number of hydrogen-bond acceptors (Lipinski definition) is 5. The van der Waals surface area contributed by atoms with Crippen molar-refractivity contribution < 1.29 is 4.79 Å². The van der Waals surface area contributed by atoms with E-state index in [1.807, 2.05) is 0 Å². The van der Waals surface area contributed by atoms with Crippen LogP contribution in [0.2, 0.25) is 0 Å². The number of likely N-dealkylation sites (N-methyl/N-ethyl adjacent to an activating group) is 1. The quantitative estimate of drug-likeness (QED) is 0.894. The second kappa shape index (κ2) is 7.51. The molecule has 0 bridgehead atoms. The molecule has 3 atom stereocenters. The molecule has 1 saturated carbocycles. The number of nitrogens with two attached hydrogens (primary N) is 1. The van der Waals surface area contributed by atoms with E-state index in [9.17, 15) is 4.79 Å². The zero-order chi connectivity index (χ0) is 18.9. The van der Waals surface area contributed by atoms with E-state index in [4.69, 9.17) is 5.73 Å². The number of likely N-dealkylation sites (tertiary alicyclic amines) is 1. The summed E-state index contributed by atoms with van der Waals surface area (Å²) in [6, 6.07) is 2.06. The number of carbonyl (C=O) groups is 1. The molecule has 1 aliphatic carbocycles. The number of rotatable bonds is 4. The van der Waals surface area contributed by atoms with E-state index in [1.165, 1.54) is 6.42 Å². The minimum absolute atomic E-state index is 0.190. The topological polar surface area (TPSA) is 75.4 Å². The van der Waals surface area contributed by atoms with E-state index in [0.717, 1.165) is 38.2 Å². The fourth-order valence-electron chi connectivity index (χ4n) is 4.94. The van der Waals surface area contributed by atoms with Crippen LogP contribution in [-0.2, 0) is 11.3 Å². The average molecular weight is 360 g/mol. The van der Waals surface area contributed by atoms with Gasteiger partial charge >= 0.3 is 0 Å². The summed E-state index contributed by atoms with van der Waals surface area (Å²) in [6.07, 6.45) is 5.99. The molecule has 2 heterocycles. The van der Waals surface area contributed by atoms with E-state index < -0.39 is 0 Å². The summed E-state index contributed by atoms with van der Waals surface area (Å²) in [7, 11) is 2.08. The molecule has 2 aliphatic rings. The van der Waals surface area contributed by atoms with Crippen LogP contribution < -0.4 is 5.73 Å². The molecule has 2 N–H and O–H groups in total. The Balaban J connectivity index is 1.56. The summed E-state index contributed by atoms with van der Waals surface area (Å²) in [6.45, 7) is 9.21. The monoisotopic (exact) mass is 359 g/mol. The van der Waals surface area contributed by atoms with Crippen LogP contribution in [0.4, 0.5) is 5.82 Å². The fraction of sp³-hybridized carbons (Fsp3) is 0.750. The molecular weight excluding hydrogens is 326 g/mol. The van der Waals surface area contributed by atoms with Crippen molar-refractivity contribution in [2.75, 3.05) is 25.9 Å². The summed E-state index contributed by atoms with van der Waals surface area (Å²) in [5.41, 5.74) is 6.02. The molecule has 1 aromatic heterocycles. The molecule has 1 amide bonds. The highest BCUT2D eigenvalue weighted by atomic mass is 16.2. The first-order valence-corrected chi connectivity index (χ1v) is 9.80. The number of carbonyl (C=O) groups excluding carboxylic acids is 1. The van der Waals surface area contributed by atoms with Gasteiger partial charge in [0.05, 0.1) is 6.54 Å². The molecule has 26 heavy (non-hydrogen) atoms. The normalized spacial score (nSPS) is 28.5. The van der Waals surface area contributed by atoms with Gasteiger partial charge in [0.1, 0.15) is 11.6 Å². The van der Waals surface area contributed by atoms with Crippen molar-refractivity contribution >= 4 is 11.7 Å². The van der Waals surface area contributed by atoms with Crippen LogP contribution in [0.25, 0.3) is 0 Å². The Bertz CT molecular complexity index is 647. The molecule has 6 heteroatoms. The molecule has 2 fully saturated rings. The van der Waals surface area contributed by atoms with E-state index >= 15 is 0 Å². The highest BCUT2D eigenvalue weighted by Crippen LogP contribution is 2.42. The molecule has 6 nitrogen and oxygen atoms in total. The molecule has 0 radical (unpaired) electrons. The number of aromatic nitrogens is 2. The van der Waals surface area contributed by atoms with Gasteiger partial charge in [-0.2, -0.15) is 0 Å². The summed E-state index contributed by atoms with van der Waals surface area (Å²) < 4.78 is 0. The second-order valence-electron chi connectivity index (χ2n) is 9.15. The van der Waals surface area contributed by atoms with E-state index in [0.29, 0.717) is 30.2 Å². The molecule has 0 spiro atoms. The third kappa shape index (κ3) is 4.53. The second-order valence-corrected chi connectivity index (χ2v) is 9.15. The van der Waals surface area contributed by atoms with Crippen LogP contribution in [0.5, 0.6) is 0 Å². The Labute approximate surface area is 157 Å². The molecule has 1 aliphatic heterocycles. The first-order chi connectivity index (χ1) is 12.2. The van der Waals surface area contributed by atoms with Gasteiger partial charge in [-0.15, -0.1) is 0 Å². The van der Waals surface area contributed by atoms with E-state index in [-0.39, 0.29) is 11.3 Å². The van der Waals surface area contributed by atoms with Crippen LogP contribution in [0, 0.1) is 17.3 Å². The predicted molar refractivity (Wildman–Crippen MR) is 103 cm³/mol. The Morgan fingerprint density at radius 3 is 2.88 bits per heavy atom. The van der Waals surface area contributed by atoms with Crippen LogP contribution in [0.15, 0.2) is 12.3 Å². The molecular formula is C20H33N5O. The van der Waals surface area contributed by atoms with Crippen LogP contribution in [0.3, 0.4) is 0 Å². The summed E-state index contributed by atoms with van der Waals surface area (Å²) in [5, 5.41) is 0. The first-order valence-electron chi connectivity index (χ1n) is 9.80. The molecule has 144 valence electrons. The third-order valence-electron chi connectivity index (χ3n) is 5.95. The lowest BCUT2D eigenvalue weighted by molar-refractivity contribution is -0.137. The van der Waals surface area contributed by atoms with Crippen molar-refractivity contribution in [1.82, 2.24) is 19.8 Å². The Kier molecular flexibility index (Phi) is 5.51. The van der Waals surface area contributed by atoms with E-state index in [2.05, 4.69) is 47.6 Å². The Morgan fingerprint density at radius 2 is 2.19 bits per heavy atom. The number of nitrogen functional groups attached to an aromatic ring is 1. The third-order valence-corrected chi connectivity index (χ3v) is 5.95. The smallest absolute Gasteiger partial charge is 0.225 e. The minimum atomic E-state index is 0.190. The van der Waals surface area contributed by atoms with Gasteiger partial charge in [0.15, 0.2) is 0 Å². The van der Waals surface area contributed by atoms with Gasteiger partial charge in [-0.05, 0) is 50.1 Å². The van der Waals surface area contributed by atoms with Gasteiger partial charge in [0.2, 0.25) is 5.91 Å². The van der Waals surface area contributed by atoms with Gasteiger partial charge < -0.3 is 10.6 Å². The highest BCUT2D eigenvalue weighted by molar-refractivity contribution is 5.79. The average Bonchev–Trinajstić information content (AvgIpc) is 3.02. The summed E-state index contributed by atoms with van der Waals surface area (Å²) >= 11 is 0. The van der Waals surface area contributed by atoms with Gasteiger partial charge in [-0.25, -0.2) is 9.97 Å². The van der Waals surface area contributed by atoms with Crippen molar-refractivity contribution in [1.29, 1.82) is 0 Å². The first kappa shape index (κ1) is 19.1. The van der Waals surface area contributed by atoms with Gasteiger partial charge in [-0.3, -0.25) is 9.69 Å². The standard InChI is InChI=1S/C20H33N5O/c1-14-9-15(11-20(2,3)10-14)19(26)25-8-6-16(12-25)24(4)13-18-22-7-5-17(21)23-18/h5,7,14-16H,6,8-13H2,1-4H3,(H2,21,22,23)/t14-,15+,16-/m1/s1. The van der Waals surface area contributed by atoms with Gasteiger partial charge in [-0.1, -0.05) is 20.8 Å². The SMILES string of the molecule is C[C@@H]1C[C@H](C(=O)N2CC[C@@H](N(C)Cc3nccc(N)n3)C2)CC(C)(C)C1. The maximum absolute atomic E-state index is 13.1. The lowest BCUT2D eigenvalue weighted by Gasteiger charge is -2.39. The number of hydrogen-bond donors (Lipinski definition) is 1. The minimum Gasteiger partial charge on any atom is -0.384 e. The van der Waals surface area contributed by atoms with Gasteiger partial charge in [0.25, 0.3) is 0 Å². The molecule has 1 aromatic rings. The lowest BCUT2D eigenvalue weighted by atomic mass is 9.67. The van der Waals surface area contributed by atoms with Crippen molar-refractivity contribution in [3.05, 3.63) is 18.1 Å². The zero-order valence-electron chi connectivity index (χ0n) is 16.6. The molecule has 3 rings (SSSR count). The largest absolute Gasteiger partial charge is 0.384 e. The number of amides is 1. The van der Waals surface area contributed by atoms with Crippen molar-refractivity contribution in [3.63, 3.8) is 0 Å². The Morgan fingerprint density at radius 1 is 1.42 bits per heavy atom. The van der Waals surface area contributed by atoms with Crippen LogP contribution >= 0.6 is 0 Å².